The Balaban J connectivity index is 2.35. The molecule has 0 saturated heterocycles. The summed E-state index contributed by atoms with van der Waals surface area (Å²) in [6.07, 6.45) is -5.49. The molecule has 0 heterocycles. The maximum atomic E-state index is 14.4. The number of aliphatic hydroxyl groups is 4. The van der Waals surface area contributed by atoms with Crippen LogP contribution in [-0.2, 0) is 109 Å². The Morgan fingerprint density at radius 3 is 1.08 bits per heavy atom. The van der Waals surface area contributed by atoms with Gasteiger partial charge >= 0.3 is 11.9 Å². The number of amides is 18. The van der Waals surface area contributed by atoms with Gasteiger partial charge in [-0.05, 0) is 132 Å². The van der Waals surface area contributed by atoms with Crippen LogP contribution in [0.3, 0.4) is 0 Å². The van der Waals surface area contributed by atoms with Gasteiger partial charge in [-0.1, -0.05) is 150 Å². The van der Waals surface area contributed by atoms with E-state index in [0.717, 1.165) is 20.8 Å². The minimum atomic E-state index is -1.93. The highest BCUT2D eigenvalue weighted by Crippen LogP contribution is 2.18. The van der Waals surface area contributed by atoms with Crippen molar-refractivity contribution in [3.05, 3.63) is 71.8 Å². The number of benzene rings is 2. The summed E-state index contributed by atoms with van der Waals surface area (Å²) in [5, 5.41) is 104. The lowest BCUT2D eigenvalue weighted by Gasteiger charge is -2.31. The van der Waals surface area contributed by atoms with E-state index in [4.69, 9.17) is 16.6 Å². The van der Waals surface area contributed by atoms with Crippen LogP contribution in [0, 0.1) is 35.5 Å². The first-order valence-electron chi connectivity index (χ1n) is 45.4. The van der Waals surface area contributed by atoms with Gasteiger partial charge in [-0.3, -0.25) is 91.1 Å². The van der Waals surface area contributed by atoms with Crippen molar-refractivity contribution in [2.24, 2.45) is 47.0 Å². The Morgan fingerprint density at radius 1 is 0.346 bits per heavy atom. The minimum absolute atomic E-state index is 0.0747. The van der Waals surface area contributed by atoms with Gasteiger partial charge in [0.1, 0.15) is 96.7 Å². The molecule has 762 valence electrons. The van der Waals surface area contributed by atoms with Gasteiger partial charge < -0.3 is 132 Å². The average molecular weight is 1940 g/mol. The number of nitrogens with one attached hydrogen (secondary N) is 17. The molecule has 45 nitrogen and oxygen atoms in total. The van der Waals surface area contributed by atoms with Crippen LogP contribution < -0.4 is 102 Å². The van der Waals surface area contributed by atoms with E-state index in [9.17, 15) is 121 Å². The number of hydrogen-bond acceptors (Lipinski definition) is 26. The second-order valence-electron chi connectivity index (χ2n) is 35.9. The van der Waals surface area contributed by atoms with E-state index in [-0.39, 0.29) is 74.9 Å². The molecule has 18 amide bonds. The zero-order valence-electron chi connectivity index (χ0n) is 80.6. The SMILES string of the molecule is CC[C@H](C)[C@H](NC(=O)[C@H](C)NC(=O)[C@@H](N)CCC(=O)O)C(=O)N[C@@H](CO)C(=O)N[C@H](C(=O)N[C@H](C(=O)N[C@H](C(=O)N[C@@H](CC(C)C)C(=O)N[C@@H](C)C(=O)N[C@H](C(=O)N[C@@H](CCC(N)=O)C(=O)N[C@@H](CCSC)C(=O)N[C@H](C(=O)N[C@@H](CC(C)C)C(=O)NCC(=O)N[C@@H](Cc1ccccc1)C(=O)N[C@@H](Cc1ccccc1)C(=O)N[C@@H](CC(C)C)C(=O)O)[C@@H](C)O)[C@@H](C)O)C(C)C)C(C)C)[C@@H](C)O. The third-order valence-corrected chi connectivity index (χ3v) is 22.3. The largest absolute Gasteiger partial charge is 0.481 e. The second-order valence-corrected chi connectivity index (χ2v) is 36.8. The molecule has 46 heteroatoms. The Hall–Kier alpha value is -12.0. The first-order valence-corrected chi connectivity index (χ1v) is 46.8. The van der Waals surface area contributed by atoms with Crippen molar-refractivity contribution >= 4 is 130 Å². The van der Waals surface area contributed by atoms with Gasteiger partial charge in [-0.15, -0.1) is 0 Å². The summed E-state index contributed by atoms with van der Waals surface area (Å²) in [6, 6.07) is -9.20. The van der Waals surface area contributed by atoms with E-state index >= 15 is 0 Å². The average Bonchev–Trinajstić information content (AvgIpc) is 0.848. The van der Waals surface area contributed by atoms with Gasteiger partial charge in [0.05, 0.1) is 37.5 Å². The number of carboxylic acids is 2. The second kappa shape index (κ2) is 60.5. The molecule has 0 aromatic heterocycles. The highest BCUT2D eigenvalue weighted by Gasteiger charge is 2.42. The van der Waals surface area contributed by atoms with Crippen molar-refractivity contribution in [3.63, 3.8) is 0 Å². The summed E-state index contributed by atoms with van der Waals surface area (Å²) in [5.41, 5.74) is 12.5. The number of nitrogens with two attached hydrogens (primary N) is 2. The van der Waals surface area contributed by atoms with E-state index in [1.807, 2.05) is 0 Å². The van der Waals surface area contributed by atoms with Crippen molar-refractivity contribution in [3.8, 4) is 0 Å². The molecule has 0 spiro atoms. The van der Waals surface area contributed by atoms with Crippen LogP contribution in [0.5, 0.6) is 0 Å². The molecular weight excluding hydrogens is 1800 g/mol. The zero-order chi connectivity index (χ0) is 103. The number of carbonyl (C=O) groups excluding carboxylic acids is 18. The van der Waals surface area contributed by atoms with Crippen LogP contribution in [0.15, 0.2) is 60.7 Å². The van der Waals surface area contributed by atoms with Crippen LogP contribution in [0.2, 0.25) is 0 Å². The van der Waals surface area contributed by atoms with Crippen LogP contribution in [0.1, 0.15) is 187 Å². The number of carbonyl (C=O) groups is 20. The number of aliphatic hydroxyl groups excluding tert-OH is 4. The molecule has 2 rings (SSSR count). The van der Waals surface area contributed by atoms with E-state index < -0.39 is 289 Å². The standard InChI is InChI=1S/C90H145N19O26S/c1-19-48(12)70(106-74(118)49(13)94-76(120)56(91)30-33-67(116)117)86(130)103-64(42-110)83(127)109-73(53(17)113)89(133)105-69(47(10)11)85(129)104-68(46(8)9)84(128)101-60(37-44(4)5)80(124)95-50(14)75(119)107-71(51(15)111)87(131)98-57(31-32-65(92)114)78(122)97-58(34-35-136-18)79(123)108-72(52(16)112)88(132)100-59(36-43(2)3)77(121)93-41-66(115)96-61(39-54-26-22-20-23-27-54)81(125)99-62(40-55-28-24-21-25-29-55)82(126)102-63(90(134)135)38-45(6)7/h20-29,43-53,56-64,68-73,110-113H,19,30-42,91H2,1-18H3,(H2,92,114)(H,93,121)(H,94,120)(H,95,124)(H,96,115)(H,97,122)(H,98,131)(H,99,125)(H,100,132)(H,101,128)(H,102,126)(H,103,130)(H,104,129)(H,105,133)(H,106,118)(H,107,119)(H,108,123)(H,109,127)(H,116,117)(H,134,135)/t48-,49-,50-,51+,52+,53+,56-,57-,58-,59-,60-,61-,62-,63-,64-,68-,69-,70-,71-,72-,73-/m0/s1. The highest BCUT2D eigenvalue weighted by molar-refractivity contribution is 7.98. The molecule has 136 heavy (non-hydrogen) atoms. The lowest BCUT2D eigenvalue weighted by atomic mass is 9.97. The predicted molar refractivity (Wildman–Crippen MR) is 499 cm³/mol. The molecular formula is C90H145N19O26S. The molecule has 0 saturated carbocycles. The number of hydrogen-bond donors (Lipinski definition) is 25. The molecule has 0 unspecified atom stereocenters. The third kappa shape index (κ3) is 43.3. The summed E-state index contributed by atoms with van der Waals surface area (Å²) in [4.78, 5) is 273. The summed E-state index contributed by atoms with van der Waals surface area (Å²) in [7, 11) is 0. The van der Waals surface area contributed by atoms with Crippen molar-refractivity contribution in [1.82, 2.24) is 90.4 Å². The fraction of sp³-hybridized carbons (Fsp3) is 0.644. The van der Waals surface area contributed by atoms with Gasteiger partial charge in [-0.25, -0.2) is 4.79 Å². The van der Waals surface area contributed by atoms with E-state index in [1.54, 1.807) is 136 Å². The first-order chi connectivity index (χ1) is 63.6. The molecule has 0 aliphatic heterocycles. The number of thioether (sulfide) groups is 1. The fourth-order valence-corrected chi connectivity index (χ4v) is 14.1. The molecule has 0 fully saturated rings. The monoisotopic (exact) mass is 1940 g/mol. The summed E-state index contributed by atoms with van der Waals surface area (Å²) < 4.78 is 0. The summed E-state index contributed by atoms with van der Waals surface area (Å²) >= 11 is 1.22. The highest BCUT2D eigenvalue weighted by atomic mass is 32.2. The lowest BCUT2D eigenvalue weighted by Crippen LogP contribution is -2.63. The van der Waals surface area contributed by atoms with Crippen LogP contribution in [0.4, 0.5) is 0 Å². The number of carboxylic acid groups (broad SMARTS) is 2. The smallest absolute Gasteiger partial charge is 0.326 e. The van der Waals surface area contributed by atoms with E-state index in [1.165, 1.54) is 39.5 Å². The summed E-state index contributed by atoms with van der Waals surface area (Å²) in [6.45, 7) is 23.7. The molecule has 27 N–H and O–H groups in total. The molecule has 21 atom stereocenters. The Labute approximate surface area is 796 Å². The van der Waals surface area contributed by atoms with Crippen LogP contribution >= 0.6 is 11.8 Å². The minimum Gasteiger partial charge on any atom is -0.481 e. The molecule has 0 aliphatic rings. The summed E-state index contributed by atoms with van der Waals surface area (Å²) in [5.74, 6) is -23.3. The van der Waals surface area contributed by atoms with Crippen molar-refractivity contribution < 1.29 is 127 Å². The Morgan fingerprint density at radius 2 is 0.669 bits per heavy atom. The van der Waals surface area contributed by atoms with Gasteiger partial charge in [0.25, 0.3) is 0 Å². The van der Waals surface area contributed by atoms with Gasteiger partial charge in [0.2, 0.25) is 106 Å². The topological polar surface area (TPSA) is 719 Å². The van der Waals surface area contributed by atoms with Crippen molar-refractivity contribution in [2.75, 3.05) is 25.2 Å². The number of aliphatic carboxylic acids is 2. The maximum Gasteiger partial charge on any atom is 0.326 e. The van der Waals surface area contributed by atoms with Gasteiger partial charge in [0, 0.05) is 25.7 Å². The fourth-order valence-electron chi connectivity index (χ4n) is 13.6. The lowest BCUT2D eigenvalue weighted by molar-refractivity contribution is -0.143. The van der Waals surface area contributed by atoms with Gasteiger partial charge in [-0.2, -0.15) is 11.8 Å². The zero-order valence-corrected chi connectivity index (χ0v) is 81.4. The van der Waals surface area contributed by atoms with E-state index in [2.05, 4.69) is 90.4 Å². The first kappa shape index (κ1) is 120. The molecule has 0 aliphatic carbocycles. The molecule has 2 aromatic carbocycles. The van der Waals surface area contributed by atoms with Crippen LogP contribution in [-0.4, -0.2) is 295 Å². The van der Waals surface area contributed by atoms with E-state index in [0.29, 0.717) is 11.1 Å². The molecule has 0 bridgehead atoms. The Kier molecular flexibility index (Phi) is 53.4. The number of primary amides is 1. The quantitative estimate of drug-likeness (QED) is 0.0296. The molecule has 0 radical (unpaired) electrons. The third-order valence-electron chi connectivity index (χ3n) is 21.6. The molecule has 2 aromatic rings. The predicted octanol–water partition coefficient (Wildman–Crippen LogP) is -4.69. The van der Waals surface area contributed by atoms with Crippen molar-refractivity contribution in [2.45, 2.75) is 309 Å². The normalized spacial score (nSPS) is 16.0. The number of rotatable bonds is 62. The van der Waals surface area contributed by atoms with Crippen LogP contribution in [0.25, 0.3) is 0 Å². The maximum absolute atomic E-state index is 14.4. The van der Waals surface area contributed by atoms with Gasteiger partial charge in [0.15, 0.2) is 0 Å². The van der Waals surface area contributed by atoms with Crippen molar-refractivity contribution in [1.29, 1.82) is 0 Å². The Bertz CT molecular complexity index is 4340.